The van der Waals surface area contributed by atoms with Crippen molar-refractivity contribution in [2.45, 2.75) is 36.9 Å². The van der Waals surface area contributed by atoms with E-state index in [1.165, 1.54) is 11.8 Å². The molecule has 148 valence electrons. The second-order valence-electron chi connectivity index (χ2n) is 6.71. The van der Waals surface area contributed by atoms with Crippen LogP contribution in [0.25, 0.3) is 0 Å². The number of hydrogen-bond donors (Lipinski definition) is 1. The zero-order valence-electron chi connectivity index (χ0n) is 15.9. The molecule has 2 aromatic rings. The molecule has 0 bridgehead atoms. The second kappa shape index (κ2) is 8.88. The highest BCUT2D eigenvalue weighted by atomic mass is 35.5. The van der Waals surface area contributed by atoms with Gasteiger partial charge in [-0.3, -0.25) is 9.59 Å². The molecule has 5 nitrogen and oxygen atoms in total. The van der Waals surface area contributed by atoms with Crippen molar-refractivity contribution in [1.29, 1.82) is 0 Å². The molecule has 0 radical (unpaired) electrons. The Morgan fingerprint density at radius 3 is 2.68 bits per heavy atom. The number of para-hydroxylation sites is 1. The molecule has 0 aliphatic carbocycles. The summed E-state index contributed by atoms with van der Waals surface area (Å²) in [5.74, 6) is 0.0841. The van der Waals surface area contributed by atoms with E-state index in [0.717, 1.165) is 11.1 Å². The molecule has 2 atom stereocenters. The van der Waals surface area contributed by atoms with E-state index in [0.29, 0.717) is 16.5 Å². The molecular weight excluding hydrogens is 398 g/mol. The maximum absolute atomic E-state index is 12.8. The number of amides is 1. The number of fused-ring (bicyclic) bond motifs is 1. The molecule has 7 heteroatoms. The number of ether oxygens (including phenoxy) is 2. The first kappa shape index (κ1) is 20.6. The molecule has 1 aliphatic heterocycles. The molecule has 0 saturated heterocycles. The van der Waals surface area contributed by atoms with E-state index in [1.807, 2.05) is 30.3 Å². The van der Waals surface area contributed by atoms with E-state index in [9.17, 15) is 9.59 Å². The van der Waals surface area contributed by atoms with E-state index in [-0.39, 0.29) is 23.7 Å². The highest BCUT2D eigenvalue weighted by Crippen LogP contribution is 2.48. The van der Waals surface area contributed by atoms with E-state index < -0.39 is 11.2 Å². The summed E-state index contributed by atoms with van der Waals surface area (Å²) in [5, 5.41) is 2.66. The minimum Gasteiger partial charge on any atom is -0.496 e. The molecule has 28 heavy (non-hydrogen) atoms. The third-order valence-electron chi connectivity index (χ3n) is 4.29. The Balaban J connectivity index is 2.02. The van der Waals surface area contributed by atoms with Gasteiger partial charge in [-0.1, -0.05) is 29.8 Å². The Bertz CT molecular complexity index is 886. The topological polar surface area (TPSA) is 64.6 Å². The first-order chi connectivity index (χ1) is 13.4. The van der Waals surface area contributed by atoms with Crippen LogP contribution in [0.1, 0.15) is 36.6 Å². The lowest BCUT2D eigenvalue weighted by Gasteiger charge is -2.22. The van der Waals surface area contributed by atoms with Crippen molar-refractivity contribution in [3.05, 3.63) is 58.6 Å². The number of thioether (sulfide) groups is 1. The minimum atomic E-state index is -0.604. The third kappa shape index (κ3) is 4.62. The quantitative estimate of drug-likeness (QED) is 0.703. The Labute approximate surface area is 173 Å². The van der Waals surface area contributed by atoms with Crippen LogP contribution >= 0.6 is 23.4 Å². The van der Waals surface area contributed by atoms with E-state index in [1.54, 1.807) is 33.1 Å². The molecule has 1 heterocycles. The zero-order valence-corrected chi connectivity index (χ0v) is 17.5. The number of anilines is 1. The van der Waals surface area contributed by atoms with Crippen molar-refractivity contribution in [3.8, 4) is 5.75 Å². The van der Waals surface area contributed by atoms with Gasteiger partial charge in [-0.15, -0.1) is 11.8 Å². The number of hydrogen-bond acceptors (Lipinski definition) is 5. The molecule has 0 spiro atoms. The number of carbonyl (C=O) groups is 2. The number of nitrogens with one attached hydrogen (secondary N) is 1. The highest BCUT2D eigenvalue weighted by molar-refractivity contribution is 8.01. The lowest BCUT2D eigenvalue weighted by molar-refractivity contribution is -0.148. The fourth-order valence-electron chi connectivity index (χ4n) is 3.10. The van der Waals surface area contributed by atoms with Crippen LogP contribution in [0.4, 0.5) is 5.69 Å². The van der Waals surface area contributed by atoms with Gasteiger partial charge in [0.2, 0.25) is 5.91 Å². The van der Waals surface area contributed by atoms with Crippen LogP contribution in [0.5, 0.6) is 5.75 Å². The zero-order chi connectivity index (χ0) is 20.3. The van der Waals surface area contributed by atoms with Crippen LogP contribution < -0.4 is 10.1 Å². The van der Waals surface area contributed by atoms with Gasteiger partial charge in [-0.25, -0.2) is 0 Å². The summed E-state index contributed by atoms with van der Waals surface area (Å²) in [6.07, 6.45) is -0.241. The molecule has 0 unspecified atom stereocenters. The molecular formula is C21H22ClNO4S. The number of benzene rings is 2. The fourth-order valence-corrected chi connectivity index (χ4v) is 4.71. The normalized spacial score (nSPS) is 18.8. The van der Waals surface area contributed by atoms with Gasteiger partial charge in [0.05, 0.1) is 30.1 Å². The first-order valence-electron chi connectivity index (χ1n) is 8.97. The molecule has 0 aromatic heterocycles. The van der Waals surface area contributed by atoms with Crippen LogP contribution in [0.2, 0.25) is 5.02 Å². The maximum Gasteiger partial charge on any atom is 0.307 e. The molecule has 0 fully saturated rings. The number of methoxy groups -OCH3 is 1. The van der Waals surface area contributed by atoms with Crippen molar-refractivity contribution >= 4 is 40.9 Å². The second-order valence-corrected chi connectivity index (χ2v) is 8.46. The summed E-state index contributed by atoms with van der Waals surface area (Å²) < 4.78 is 10.8. The third-order valence-corrected chi connectivity index (χ3v) is 6.01. The van der Waals surface area contributed by atoms with Gasteiger partial charge < -0.3 is 14.8 Å². The summed E-state index contributed by atoms with van der Waals surface area (Å²) in [7, 11) is 1.61. The lowest BCUT2D eigenvalue weighted by atomic mass is 10.0. The lowest BCUT2D eigenvalue weighted by Crippen LogP contribution is -2.28. The summed E-state index contributed by atoms with van der Waals surface area (Å²) >= 11 is 7.64. The van der Waals surface area contributed by atoms with E-state index >= 15 is 0 Å². The Hall–Kier alpha value is -2.18. The van der Waals surface area contributed by atoms with Crippen molar-refractivity contribution in [2.75, 3.05) is 12.4 Å². The van der Waals surface area contributed by atoms with Crippen molar-refractivity contribution in [1.82, 2.24) is 0 Å². The first-order valence-corrected chi connectivity index (χ1v) is 10.3. The van der Waals surface area contributed by atoms with Gasteiger partial charge in [-0.05, 0) is 43.7 Å². The summed E-state index contributed by atoms with van der Waals surface area (Å²) in [4.78, 5) is 25.0. The van der Waals surface area contributed by atoms with E-state index in [4.69, 9.17) is 21.1 Å². The predicted molar refractivity (Wildman–Crippen MR) is 112 cm³/mol. The summed E-state index contributed by atoms with van der Waals surface area (Å²) in [6, 6.07) is 13.0. The summed E-state index contributed by atoms with van der Waals surface area (Å²) in [5.41, 5.74) is 2.46. The molecule has 1 amide bonds. The number of rotatable bonds is 5. The van der Waals surface area contributed by atoms with Gasteiger partial charge in [-0.2, -0.15) is 0 Å². The SMILES string of the molecule is COc1ccccc1[C@@H]1S[C@@H](CC(=O)OC(C)C)C(=O)Nc2ccc(Cl)cc21. The Morgan fingerprint density at radius 2 is 1.96 bits per heavy atom. The molecule has 2 aromatic carbocycles. The van der Waals surface area contributed by atoms with Gasteiger partial charge in [0.1, 0.15) is 5.75 Å². The average Bonchev–Trinajstić information content (AvgIpc) is 2.78. The molecule has 1 N–H and O–H groups in total. The van der Waals surface area contributed by atoms with Crippen molar-refractivity contribution in [2.24, 2.45) is 0 Å². The summed E-state index contributed by atoms with van der Waals surface area (Å²) in [6.45, 7) is 3.57. The van der Waals surface area contributed by atoms with Gasteiger partial charge in [0.15, 0.2) is 0 Å². The smallest absolute Gasteiger partial charge is 0.307 e. The maximum atomic E-state index is 12.8. The average molecular weight is 420 g/mol. The van der Waals surface area contributed by atoms with Crippen LogP contribution in [-0.2, 0) is 14.3 Å². The van der Waals surface area contributed by atoms with Crippen molar-refractivity contribution < 1.29 is 19.1 Å². The van der Waals surface area contributed by atoms with Crippen LogP contribution in [0.15, 0.2) is 42.5 Å². The number of carbonyl (C=O) groups excluding carboxylic acids is 2. The largest absolute Gasteiger partial charge is 0.496 e. The van der Waals surface area contributed by atoms with Crippen LogP contribution in [-0.4, -0.2) is 30.3 Å². The van der Waals surface area contributed by atoms with E-state index in [2.05, 4.69) is 5.32 Å². The number of halogens is 1. The standard InChI is InChI=1S/C21H22ClNO4S/c1-12(2)27-19(24)11-18-21(25)23-16-9-8-13(22)10-15(16)20(28-18)14-6-4-5-7-17(14)26-3/h4-10,12,18,20H,11H2,1-3H3,(H,23,25)/t18-,20-/m0/s1. The minimum absolute atomic E-state index is 0.0119. The van der Waals surface area contributed by atoms with Gasteiger partial charge in [0.25, 0.3) is 0 Å². The molecule has 3 rings (SSSR count). The van der Waals surface area contributed by atoms with Crippen molar-refractivity contribution in [3.63, 3.8) is 0 Å². The fraction of sp³-hybridized carbons (Fsp3) is 0.333. The molecule has 0 saturated carbocycles. The highest BCUT2D eigenvalue weighted by Gasteiger charge is 2.34. The number of esters is 1. The predicted octanol–water partition coefficient (Wildman–Crippen LogP) is 4.83. The van der Waals surface area contributed by atoms with Crippen LogP contribution in [0.3, 0.4) is 0 Å². The van der Waals surface area contributed by atoms with Gasteiger partial charge >= 0.3 is 5.97 Å². The Morgan fingerprint density at radius 1 is 1.21 bits per heavy atom. The Kier molecular flexibility index (Phi) is 6.52. The molecule has 1 aliphatic rings. The monoisotopic (exact) mass is 419 g/mol. The van der Waals surface area contributed by atoms with Gasteiger partial charge in [0, 0.05) is 16.3 Å². The van der Waals surface area contributed by atoms with Crippen LogP contribution in [0, 0.1) is 0 Å².